The highest BCUT2D eigenvalue weighted by molar-refractivity contribution is 7.46. The van der Waals surface area contributed by atoms with Crippen molar-refractivity contribution >= 4 is 19.7 Å². The average Bonchev–Trinajstić information content (AvgIpc) is 2.70. The Kier molecular flexibility index (Phi) is 6.61. The zero-order chi connectivity index (χ0) is 15.2. The second-order valence-electron chi connectivity index (χ2n) is 4.59. The molecule has 0 saturated carbocycles. The minimum Gasteiger partial charge on any atom is -0.465 e. The monoisotopic (exact) mass is 309 g/mol. The molecule has 1 rings (SSSR count). The number of phosphoric ester groups is 1. The molecule has 0 bridgehead atoms. The van der Waals surface area contributed by atoms with E-state index in [1.807, 2.05) is 6.92 Å². The summed E-state index contributed by atoms with van der Waals surface area (Å²) in [4.78, 5) is 41.7. The number of phosphoric acid groups is 1. The number of carbonyl (C=O) groups excluding carboxylic acids is 2. The first-order valence-corrected chi connectivity index (χ1v) is 8.01. The molecule has 1 aliphatic heterocycles. The second-order valence-corrected chi connectivity index (χ2v) is 5.83. The molecule has 1 unspecified atom stereocenters. The van der Waals surface area contributed by atoms with Gasteiger partial charge in [-0.05, 0) is 6.42 Å². The summed E-state index contributed by atoms with van der Waals surface area (Å²) in [5, 5.41) is 0. The maximum absolute atomic E-state index is 11.7. The number of rotatable bonds is 8. The molecule has 1 fully saturated rings. The predicted molar refractivity (Wildman–Crippen MR) is 68.6 cm³/mol. The Morgan fingerprint density at radius 2 is 2.15 bits per heavy atom. The standard InChI is InChI=1S/C11H20NO7P/c1-2-3-5-18-11(14)9-7-10(13)12(8-9)4-6-19-20(15,16)17/h9H,2-8H2,1H3,(H2,15,16,17). The van der Waals surface area contributed by atoms with Gasteiger partial charge in [0.1, 0.15) is 0 Å². The molecule has 1 amide bonds. The van der Waals surface area contributed by atoms with Crippen LogP contribution in [0, 0.1) is 5.92 Å². The van der Waals surface area contributed by atoms with E-state index in [2.05, 4.69) is 4.52 Å². The SMILES string of the molecule is CCCCOC(=O)C1CC(=O)N(CCOP(=O)(O)O)C1. The van der Waals surface area contributed by atoms with Gasteiger partial charge in [0.2, 0.25) is 5.91 Å². The molecule has 0 spiro atoms. The molecule has 1 saturated heterocycles. The lowest BCUT2D eigenvalue weighted by Gasteiger charge is -2.16. The number of unbranched alkanes of at least 4 members (excludes halogenated alkanes) is 1. The van der Waals surface area contributed by atoms with Crippen molar-refractivity contribution < 1.29 is 33.2 Å². The molecule has 2 N–H and O–H groups in total. The van der Waals surface area contributed by atoms with Gasteiger partial charge >= 0.3 is 13.8 Å². The van der Waals surface area contributed by atoms with E-state index < -0.39 is 19.7 Å². The van der Waals surface area contributed by atoms with Crippen LogP contribution >= 0.6 is 7.82 Å². The van der Waals surface area contributed by atoms with Crippen LogP contribution < -0.4 is 0 Å². The average molecular weight is 309 g/mol. The van der Waals surface area contributed by atoms with Crippen LogP contribution in [0.15, 0.2) is 0 Å². The maximum atomic E-state index is 11.7. The maximum Gasteiger partial charge on any atom is 0.469 e. The number of ether oxygens (including phenoxy) is 1. The first-order chi connectivity index (χ1) is 9.33. The molecule has 0 aliphatic carbocycles. The number of nitrogens with zero attached hydrogens (tertiary/aromatic N) is 1. The molecule has 20 heavy (non-hydrogen) atoms. The Labute approximate surface area is 117 Å². The fourth-order valence-corrected chi connectivity index (χ4v) is 2.17. The third-order valence-electron chi connectivity index (χ3n) is 2.91. The molecule has 0 aromatic heterocycles. The third-order valence-corrected chi connectivity index (χ3v) is 3.43. The summed E-state index contributed by atoms with van der Waals surface area (Å²) >= 11 is 0. The minimum absolute atomic E-state index is 0.0443. The van der Waals surface area contributed by atoms with Crippen molar-refractivity contribution in [3.05, 3.63) is 0 Å². The van der Waals surface area contributed by atoms with Gasteiger partial charge in [0.25, 0.3) is 0 Å². The van der Waals surface area contributed by atoms with E-state index in [-0.39, 0.29) is 32.0 Å². The highest BCUT2D eigenvalue weighted by atomic mass is 31.2. The van der Waals surface area contributed by atoms with Crippen molar-refractivity contribution in [2.45, 2.75) is 26.2 Å². The Balaban J connectivity index is 2.33. The van der Waals surface area contributed by atoms with Crippen LogP contribution in [0.5, 0.6) is 0 Å². The van der Waals surface area contributed by atoms with Crippen LogP contribution in [-0.4, -0.2) is 52.9 Å². The Bertz CT molecular complexity index is 394. The van der Waals surface area contributed by atoms with Crippen molar-refractivity contribution in [3.8, 4) is 0 Å². The highest BCUT2D eigenvalue weighted by Gasteiger charge is 2.35. The van der Waals surface area contributed by atoms with Crippen LogP contribution in [0.1, 0.15) is 26.2 Å². The summed E-state index contributed by atoms with van der Waals surface area (Å²) in [6.45, 7) is 2.31. The van der Waals surface area contributed by atoms with Crippen LogP contribution in [0.3, 0.4) is 0 Å². The van der Waals surface area contributed by atoms with Crippen molar-refractivity contribution in [3.63, 3.8) is 0 Å². The van der Waals surface area contributed by atoms with Gasteiger partial charge < -0.3 is 19.4 Å². The minimum atomic E-state index is -4.52. The van der Waals surface area contributed by atoms with Crippen LogP contribution in [0.4, 0.5) is 0 Å². The van der Waals surface area contributed by atoms with Gasteiger partial charge in [0, 0.05) is 19.5 Å². The quantitative estimate of drug-likeness (QED) is 0.376. The molecule has 8 nitrogen and oxygen atoms in total. The van der Waals surface area contributed by atoms with E-state index in [1.165, 1.54) is 4.90 Å². The number of hydrogen-bond acceptors (Lipinski definition) is 5. The topological polar surface area (TPSA) is 113 Å². The number of amides is 1. The molecule has 1 heterocycles. The fourth-order valence-electron chi connectivity index (χ4n) is 1.85. The predicted octanol–water partition coefficient (Wildman–Crippen LogP) is 0.287. The zero-order valence-electron chi connectivity index (χ0n) is 11.4. The summed E-state index contributed by atoms with van der Waals surface area (Å²) in [5.41, 5.74) is 0. The first kappa shape index (κ1) is 17.1. The van der Waals surface area contributed by atoms with E-state index in [0.29, 0.717) is 6.61 Å². The summed E-state index contributed by atoms with van der Waals surface area (Å²) < 4.78 is 19.8. The highest BCUT2D eigenvalue weighted by Crippen LogP contribution is 2.35. The van der Waals surface area contributed by atoms with E-state index >= 15 is 0 Å². The van der Waals surface area contributed by atoms with Gasteiger partial charge in [-0.2, -0.15) is 0 Å². The smallest absolute Gasteiger partial charge is 0.465 e. The largest absolute Gasteiger partial charge is 0.469 e. The molecule has 9 heteroatoms. The Morgan fingerprint density at radius 1 is 1.45 bits per heavy atom. The van der Waals surface area contributed by atoms with E-state index in [1.54, 1.807) is 0 Å². The number of likely N-dealkylation sites (tertiary alicyclic amines) is 1. The van der Waals surface area contributed by atoms with E-state index in [0.717, 1.165) is 12.8 Å². The third kappa shape index (κ3) is 6.00. The summed E-state index contributed by atoms with van der Waals surface area (Å²) in [6, 6.07) is 0. The fraction of sp³-hybridized carbons (Fsp3) is 0.818. The van der Waals surface area contributed by atoms with Crippen molar-refractivity contribution in [2.24, 2.45) is 5.92 Å². The van der Waals surface area contributed by atoms with Crippen molar-refractivity contribution in [2.75, 3.05) is 26.3 Å². The van der Waals surface area contributed by atoms with Crippen molar-refractivity contribution in [1.82, 2.24) is 4.90 Å². The Morgan fingerprint density at radius 3 is 2.75 bits per heavy atom. The Hall–Kier alpha value is -0.950. The van der Waals surface area contributed by atoms with Gasteiger partial charge in [-0.1, -0.05) is 13.3 Å². The molecule has 0 radical (unpaired) electrons. The van der Waals surface area contributed by atoms with Crippen LogP contribution in [-0.2, 0) is 23.4 Å². The first-order valence-electron chi connectivity index (χ1n) is 6.48. The molecular weight excluding hydrogens is 289 g/mol. The molecular formula is C11H20NO7P. The summed E-state index contributed by atoms with van der Waals surface area (Å²) in [5.74, 6) is -1.14. The molecule has 1 atom stereocenters. The van der Waals surface area contributed by atoms with Gasteiger partial charge in [-0.3, -0.25) is 14.1 Å². The number of esters is 1. The van der Waals surface area contributed by atoms with Gasteiger partial charge in [-0.25, -0.2) is 4.57 Å². The van der Waals surface area contributed by atoms with Crippen LogP contribution in [0.25, 0.3) is 0 Å². The lowest BCUT2D eigenvalue weighted by atomic mass is 10.1. The molecule has 116 valence electrons. The lowest BCUT2D eigenvalue weighted by Crippen LogP contribution is -2.30. The van der Waals surface area contributed by atoms with Crippen molar-refractivity contribution in [1.29, 1.82) is 0 Å². The van der Waals surface area contributed by atoms with E-state index in [9.17, 15) is 14.2 Å². The number of carbonyl (C=O) groups is 2. The normalized spacial score (nSPS) is 19.4. The lowest BCUT2D eigenvalue weighted by molar-refractivity contribution is -0.148. The van der Waals surface area contributed by atoms with Gasteiger partial charge in [0.05, 0.1) is 19.1 Å². The van der Waals surface area contributed by atoms with Gasteiger partial charge in [-0.15, -0.1) is 0 Å². The molecule has 0 aromatic rings. The van der Waals surface area contributed by atoms with Crippen LogP contribution in [0.2, 0.25) is 0 Å². The summed E-state index contributed by atoms with van der Waals surface area (Å²) in [6.07, 6.45) is 1.77. The summed E-state index contributed by atoms with van der Waals surface area (Å²) in [7, 11) is -4.52. The second kappa shape index (κ2) is 7.73. The van der Waals surface area contributed by atoms with E-state index in [4.69, 9.17) is 14.5 Å². The van der Waals surface area contributed by atoms with Gasteiger partial charge in [0.15, 0.2) is 0 Å². The molecule has 0 aromatic carbocycles. The number of hydrogen-bond donors (Lipinski definition) is 2. The zero-order valence-corrected chi connectivity index (χ0v) is 12.3. The molecule has 1 aliphatic rings.